The first-order valence-electron chi connectivity index (χ1n) is 8.36. The van der Waals surface area contributed by atoms with Crippen molar-refractivity contribution in [2.75, 3.05) is 0 Å². The molecule has 0 radical (unpaired) electrons. The Bertz CT molecular complexity index is 903. The zero-order valence-electron chi connectivity index (χ0n) is 14.4. The number of hydrogen-bond donors (Lipinski definition) is 2. The summed E-state index contributed by atoms with van der Waals surface area (Å²) >= 11 is 0. The van der Waals surface area contributed by atoms with Crippen molar-refractivity contribution in [1.29, 1.82) is 0 Å². The van der Waals surface area contributed by atoms with E-state index in [9.17, 15) is 15.0 Å². The predicted octanol–water partition coefficient (Wildman–Crippen LogP) is 4.09. The van der Waals surface area contributed by atoms with Gasteiger partial charge in [-0.1, -0.05) is 13.0 Å². The molecule has 1 aliphatic carbocycles. The summed E-state index contributed by atoms with van der Waals surface area (Å²) in [5.41, 5.74) is 1.42. The second-order valence-electron chi connectivity index (χ2n) is 7.36. The molecule has 0 amide bonds. The SMILES string of the molecule is CC1CC(=O)c2c(coc2-c2c(O)ccc3c2OC(C)(C)C=C3)C1O. The van der Waals surface area contributed by atoms with Gasteiger partial charge in [0.05, 0.1) is 17.9 Å². The van der Waals surface area contributed by atoms with Gasteiger partial charge in [-0.15, -0.1) is 0 Å². The highest BCUT2D eigenvalue weighted by Crippen LogP contribution is 2.49. The molecule has 1 aromatic carbocycles. The minimum absolute atomic E-state index is 0.0251. The third-order valence-electron chi connectivity index (χ3n) is 4.89. The zero-order valence-corrected chi connectivity index (χ0v) is 14.4. The van der Waals surface area contributed by atoms with Crippen LogP contribution < -0.4 is 4.74 Å². The standard InChI is InChI=1S/C20H20O5/c1-10-8-14(22)15-12(17(10)23)9-24-19(15)16-13(21)5-4-11-6-7-20(2,3)25-18(11)16/h4-7,9-10,17,21,23H,8H2,1-3H3. The highest BCUT2D eigenvalue weighted by molar-refractivity contribution is 6.05. The molecular weight excluding hydrogens is 320 g/mol. The minimum Gasteiger partial charge on any atom is -0.507 e. The number of aromatic hydroxyl groups is 1. The van der Waals surface area contributed by atoms with Crippen LogP contribution in [0.1, 0.15) is 54.8 Å². The maximum atomic E-state index is 12.6. The van der Waals surface area contributed by atoms with Crippen LogP contribution in [0.5, 0.6) is 11.5 Å². The quantitative estimate of drug-likeness (QED) is 0.817. The molecule has 2 aliphatic rings. The second kappa shape index (κ2) is 5.23. The monoisotopic (exact) mass is 340 g/mol. The fourth-order valence-corrected chi connectivity index (χ4v) is 3.51. The Balaban J connectivity index is 1.96. The van der Waals surface area contributed by atoms with Gasteiger partial charge >= 0.3 is 0 Å². The number of ether oxygens (including phenoxy) is 1. The van der Waals surface area contributed by atoms with Crippen LogP contribution >= 0.6 is 0 Å². The van der Waals surface area contributed by atoms with Crippen molar-refractivity contribution in [3.05, 3.63) is 41.2 Å². The first-order chi connectivity index (χ1) is 11.8. The van der Waals surface area contributed by atoms with Gasteiger partial charge in [0.1, 0.15) is 22.7 Å². The Morgan fingerprint density at radius 1 is 1.24 bits per heavy atom. The fraction of sp³-hybridized carbons (Fsp3) is 0.350. The Labute approximate surface area is 145 Å². The zero-order chi connectivity index (χ0) is 17.9. The van der Waals surface area contributed by atoms with Gasteiger partial charge in [0.2, 0.25) is 0 Å². The van der Waals surface area contributed by atoms with Crippen LogP contribution in [0.25, 0.3) is 17.4 Å². The van der Waals surface area contributed by atoms with E-state index in [4.69, 9.17) is 9.15 Å². The number of carbonyl (C=O) groups excluding carboxylic acids is 1. The van der Waals surface area contributed by atoms with E-state index in [1.54, 1.807) is 12.1 Å². The van der Waals surface area contributed by atoms with Crippen molar-refractivity contribution >= 4 is 11.9 Å². The van der Waals surface area contributed by atoms with E-state index >= 15 is 0 Å². The molecule has 2 aromatic rings. The highest BCUT2D eigenvalue weighted by Gasteiger charge is 2.37. The van der Waals surface area contributed by atoms with E-state index in [2.05, 4.69) is 0 Å². The lowest BCUT2D eigenvalue weighted by Gasteiger charge is -2.29. The van der Waals surface area contributed by atoms with Crippen LogP contribution in [0.2, 0.25) is 0 Å². The number of furan rings is 1. The lowest BCUT2D eigenvalue weighted by molar-refractivity contribution is 0.0754. The van der Waals surface area contributed by atoms with E-state index in [-0.39, 0.29) is 29.6 Å². The van der Waals surface area contributed by atoms with E-state index in [0.29, 0.717) is 22.4 Å². The molecule has 2 heterocycles. The molecule has 0 spiro atoms. The van der Waals surface area contributed by atoms with Crippen LogP contribution in [0, 0.1) is 5.92 Å². The number of ketones is 1. The summed E-state index contributed by atoms with van der Waals surface area (Å²) in [7, 11) is 0. The molecule has 2 N–H and O–H groups in total. The van der Waals surface area contributed by atoms with E-state index in [0.717, 1.165) is 5.56 Å². The van der Waals surface area contributed by atoms with Gasteiger partial charge in [0.15, 0.2) is 11.5 Å². The molecule has 2 atom stereocenters. The summed E-state index contributed by atoms with van der Waals surface area (Å²) < 4.78 is 11.7. The summed E-state index contributed by atoms with van der Waals surface area (Å²) in [6, 6.07) is 3.31. The smallest absolute Gasteiger partial charge is 0.167 e. The summed E-state index contributed by atoms with van der Waals surface area (Å²) in [5, 5.41) is 20.9. The van der Waals surface area contributed by atoms with Gasteiger partial charge in [0.25, 0.3) is 0 Å². The van der Waals surface area contributed by atoms with Crippen molar-refractivity contribution in [2.45, 2.75) is 38.9 Å². The Kier molecular flexibility index (Phi) is 3.34. The summed E-state index contributed by atoms with van der Waals surface area (Å²) in [4.78, 5) is 12.6. The number of Topliss-reactive ketones (excluding diaryl/α,β-unsaturated/α-hetero) is 1. The molecule has 130 valence electrons. The highest BCUT2D eigenvalue weighted by atomic mass is 16.5. The number of carbonyl (C=O) groups is 1. The van der Waals surface area contributed by atoms with E-state index in [1.165, 1.54) is 6.26 Å². The van der Waals surface area contributed by atoms with Crippen LogP contribution in [0.3, 0.4) is 0 Å². The third kappa shape index (κ3) is 2.38. The molecule has 0 saturated heterocycles. The number of phenolic OH excluding ortho intramolecular Hbond substituents is 1. The van der Waals surface area contributed by atoms with Crippen LogP contribution in [0.15, 0.2) is 28.9 Å². The fourth-order valence-electron chi connectivity index (χ4n) is 3.51. The van der Waals surface area contributed by atoms with Gasteiger partial charge in [-0.2, -0.15) is 0 Å². The van der Waals surface area contributed by atoms with Crippen LogP contribution in [-0.4, -0.2) is 21.6 Å². The number of benzene rings is 1. The molecule has 1 aliphatic heterocycles. The number of fused-ring (bicyclic) bond motifs is 2. The molecule has 2 unspecified atom stereocenters. The van der Waals surface area contributed by atoms with Crippen molar-refractivity contribution in [3.63, 3.8) is 0 Å². The maximum Gasteiger partial charge on any atom is 0.167 e. The Hall–Kier alpha value is -2.53. The predicted molar refractivity (Wildman–Crippen MR) is 92.6 cm³/mol. The Morgan fingerprint density at radius 2 is 2.00 bits per heavy atom. The van der Waals surface area contributed by atoms with Gasteiger partial charge in [0, 0.05) is 17.5 Å². The normalized spacial score (nSPS) is 23.8. The average molecular weight is 340 g/mol. The van der Waals surface area contributed by atoms with Crippen LogP contribution in [0.4, 0.5) is 0 Å². The van der Waals surface area contributed by atoms with Crippen molar-refractivity contribution in [1.82, 2.24) is 0 Å². The summed E-state index contributed by atoms with van der Waals surface area (Å²) in [6.07, 6.45) is 4.75. The van der Waals surface area contributed by atoms with Crippen molar-refractivity contribution in [3.8, 4) is 22.8 Å². The number of aliphatic hydroxyl groups excluding tert-OH is 1. The topological polar surface area (TPSA) is 79.9 Å². The van der Waals surface area contributed by atoms with Gasteiger partial charge in [-0.3, -0.25) is 4.79 Å². The van der Waals surface area contributed by atoms with Gasteiger partial charge < -0.3 is 19.4 Å². The number of hydrogen-bond acceptors (Lipinski definition) is 5. The number of phenols is 1. The lowest BCUT2D eigenvalue weighted by Crippen LogP contribution is -2.28. The second-order valence-corrected chi connectivity index (χ2v) is 7.36. The third-order valence-corrected chi connectivity index (χ3v) is 4.89. The molecule has 0 saturated carbocycles. The molecule has 0 fully saturated rings. The first-order valence-corrected chi connectivity index (χ1v) is 8.36. The van der Waals surface area contributed by atoms with E-state index in [1.807, 2.05) is 32.9 Å². The Morgan fingerprint density at radius 3 is 2.76 bits per heavy atom. The van der Waals surface area contributed by atoms with Crippen molar-refractivity contribution in [2.24, 2.45) is 5.92 Å². The largest absolute Gasteiger partial charge is 0.507 e. The minimum atomic E-state index is -0.760. The van der Waals surface area contributed by atoms with E-state index < -0.39 is 11.7 Å². The molecular formula is C20H20O5. The number of rotatable bonds is 1. The maximum absolute atomic E-state index is 12.6. The first kappa shape index (κ1) is 16.0. The summed E-state index contributed by atoms with van der Waals surface area (Å²) in [5.74, 6) is 0.445. The molecule has 4 rings (SSSR count). The molecule has 5 nitrogen and oxygen atoms in total. The lowest BCUT2D eigenvalue weighted by atomic mass is 9.82. The van der Waals surface area contributed by atoms with Gasteiger partial charge in [-0.05, 0) is 38.0 Å². The molecule has 0 bridgehead atoms. The number of aliphatic hydroxyl groups is 1. The molecule has 1 aromatic heterocycles. The van der Waals surface area contributed by atoms with Gasteiger partial charge in [-0.25, -0.2) is 0 Å². The summed E-state index contributed by atoms with van der Waals surface area (Å²) in [6.45, 7) is 5.65. The average Bonchev–Trinajstić information content (AvgIpc) is 2.97. The van der Waals surface area contributed by atoms with Crippen LogP contribution in [-0.2, 0) is 0 Å². The van der Waals surface area contributed by atoms with Crippen molar-refractivity contribution < 1.29 is 24.2 Å². The molecule has 25 heavy (non-hydrogen) atoms. The molecule has 5 heteroatoms.